The molecule has 0 saturated heterocycles. The number of hydrogen-bond acceptors (Lipinski definition) is 6. The van der Waals surface area contributed by atoms with Crippen molar-refractivity contribution in [1.82, 2.24) is 15.1 Å². The SMILES string of the molecule is Cc1ccc(Cl)cc1NC(=O)COc1ncnc2onc(-c3ccccc3)c12. The van der Waals surface area contributed by atoms with Crippen LogP contribution in [-0.4, -0.2) is 27.6 Å². The van der Waals surface area contributed by atoms with Crippen LogP contribution in [0.5, 0.6) is 5.88 Å². The Kier molecular flexibility index (Phi) is 4.90. The number of hydrogen-bond donors (Lipinski definition) is 1. The largest absolute Gasteiger partial charge is 0.467 e. The van der Waals surface area contributed by atoms with Crippen LogP contribution < -0.4 is 10.1 Å². The van der Waals surface area contributed by atoms with Crippen molar-refractivity contribution >= 4 is 34.3 Å². The smallest absolute Gasteiger partial charge is 0.265 e. The van der Waals surface area contributed by atoms with Gasteiger partial charge in [0.1, 0.15) is 17.4 Å². The van der Waals surface area contributed by atoms with Crippen LogP contribution in [0.1, 0.15) is 5.56 Å². The summed E-state index contributed by atoms with van der Waals surface area (Å²) in [5.74, 6) is -0.113. The molecule has 7 nitrogen and oxygen atoms in total. The lowest BCUT2D eigenvalue weighted by Gasteiger charge is -2.10. The van der Waals surface area contributed by atoms with Crippen molar-refractivity contribution in [3.05, 3.63) is 65.4 Å². The van der Waals surface area contributed by atoms with E-state index < -0.39 is 0 Å². The van der Waals surface area contributed by atoms with E-state index >= 15 is 0 Å². The molecule has 0 saturated carbocycles. The van der Waals surface area contributed by atoms with E-state index in [1.807, 2.05) is 43.3 Å². The zero-order valence-electron chi connectivity index (χ0n) is 14.8. The number of amides is 1. The van der Waals surface area contributed by atoms with Gasteiger partial charge in [-0.2, -0.15) is 4.98 Å². The lowest BCUT2D eigenvalue weighted by atomic mass is 10.1. The van der Waals surface area contributed by atoms with Crippen molar-refractivity contribution < 1.29 is 14.1 Å². The van der Waals surface area contributed by atoms with Gasteiger partial charge in [0.15, 0.2) is 6.61 Å². The van der Waals surface area contributed by atoms with E-state index in [0.717, 1.165) is 11.1 Å². The lowest BCUT2D eigenvalue weighted by molar-refractivity contribution is -0.118. The summed E-state index contributed by atoms with van der Waals surface area (Å²) in [7, 11) is 0. The van der Waals surface area contributed by atoms with Gasteiger partial charge in [0.05, 0.1) is 0 Å². The predicted molar refractivity (Wildman–Crippen MR) is 105 cm³/mol. The number of rotatable bonds is 5. The molecule has 140 valence electrons. The average molecular weight is 395 g/mol. The van der Waals surface area contributed by atoms with Gasteiger partial charge in [-0.3, -0.25) is 4.79 Å². The number of nitrogens with zero attached hydrogens (tertiary/aromatic N) is 3. The summed E-state index contributed by atoms with van der Waals surface area (Å²) in [4.78, 5) is 20.5. The first-order chi connectivity index (χ1) is 13.6. The minimum atomic E-state index is -0.338. The van der Waals surface area contributed by atoms with Crippen LogP contribution in [0.4, 0.5) is 5.69 Å². The van der Waals surface area contributed by atoms with E-state index in [-0.39, 0.29) is 24.1 Å². The van der Waals surface area contributed by atoms with Crippen molar-refractivity contribution in [3.63, 3.8) is 0 Å². The van der Waals surface area contributed by atoms with E-state index in [1.54, 1.807) is 12.1 Å². The molecule has 0 radical (unpaired) electrons. The van der Waals surface area contributed by atoms with Gasteiger partial charge in [-0.1, -0.05) is 53.2 Å². The Morgan fingerprint density at radius 3 is 2.82 bits per heavy atom. The third-order valence-corrected chi connectivity index (χ3v) is 4.33. The summed E-state index contributed by atoms with van der Waals surface area (Å²) < 4.78 is 10.9. The highest BCUT2D eigenvalue weighted by molar-refractivity contribution is 6.31. The summed E-state index contributed by atoms with van der Waals surface area (Å²) in [6.45, 7) is 1.64. The molecule has 0 atom stereocenters. The van der Waals surface area contributed by atoms with Crippen LogP contribution >= 0.6 is 11.6 Å². The number of aryl methyl sites for hydroxylation is 1. The van der Waals surface area contributed by atoms with Gasteiger partial charge in [-0.25, -0.2) is 4.98 Å². The Labute approximate surface area is 165 Å². The summed E-state index contributed by atoms with van der Waals surface area (Å²) in [5.41, 5.74) is 3.20. The van der Waals surface area contributed by atoms with Crippen LogP contribution in [0.2, 0.25) is 5.02 Å². The molecule has 0 unspecified atom stereocenters. The summed E-state index contributed by atoms with van der Waals surface area (Å²) in [6.07, 6.45) is 1.30. The first-order valence-corrected chi connectivity index (χ1v) is 8.84. The number of carbonyl (C=O) groups excluding carboxylic acids is 1. The highest BCUT2D eigenvalue weighted by Gasteiger charge is 2.18. The van der Waals surface area contributed by atoms with Crippen LogP contribution in [0.15, 0.2) is 59.4 Å². The van der Waals surface area contributed by atoms with Gasteiger partial charge < -0.3 is 14.6 Å². The molecule has 0 fully saturated rings. The number of halogens is 1. The van der Waals surface area contributed by atoms with Crippen LogP contribution in [-0.2, 0) is 4.79 Å². The van der Waals surface area contributed by atoms with Gasteiger partial charge in [-0.05, 0) is 24.6 Å². The molecular weight excluding hydrogens is 380 g/mol. The standard InChI is InChI=1S/C20H15ClN4O3/c1-12-7-8-14(21)9-15(12)24-16(26)10-27-19-17-18(13-5-3-2-4-6-13)25-28-20(17)23-11-22-19/h2-9,11H,10H2,1H3,(H,24,26). The molecule has 4 rings (SSSR count). The molecule has 0 aliphatic carbocycles. The molecule has 2 aromatic heterocycles. The van der Waals surface area contributed by atoms with E-state index in [1.165, 1.54) is 6.33 Å². The summed E-state index contributed by atoms with van der Waals surface area (Å²) in [6, 6.07) is 14.7. The highest BCUT2D eigenvalue weighted by atomic mass is 35.5. The normalized spacial score (nSPS) is 10.8. The number of anilines is 1. The maximum absolute atomic E-state index is 12.3. The summed E-state index contributed by atoms with van der Waals surface area (Å²) in [5, 5.41) is 7.90. The first kappa shape index (κ1) is 17.9. The van der Waals surface area contributed by atoms with E-state index in [4.69, 9.17) is 20.9 Å². The van der Waals surface area contributed by atoms with Crippen LogP contribution in [0.3, 0.4) is 0 Å². The molecule has 28 heavy (non-hydrogen) atoms. The van der Waals surface area contributed by atoms with Crippen molar-refractivity contribution in [2.45, 2.75) is 6.92 Å². The fourth-order valence-corrected chi connectivity index (χ4v) is 2.88. The van der Waals surface area contributed by atoms with Crippen molar-refractivity contribution in [2.24, 2.45) is 0 Å². The van der Waals surface area contributed by atoms with Crippen molar-refractivity contribution in [3.8, 4) is 17.1 Å². The Hall–Kier alpha value is -3.45. The second kappa shape index (κ2) is 7.66. The minimum Gasteiger partial charge on any atom is -0.467 e. The molecule has 0 aliphatic rings. The molecule has 8 heteroatoms. The van der Waals surface area contributed by atoms with Gasteiger partial charge in [0.2, 0.25) is 5.88 Å². The third-order valence-electron chi connectivity index (χ3n) is 4.10. The molecule has 2 aromatic carbocycles. The van der Waals surface area contributed by atoms with Crippen molar-refractivity contribution in [2.75, 3.05) is 11.9 Å². The zero-order valence-corrected chi connectivity index (χ0v) is 15.6. The van der Waals surface area contributed by atoms with Crippen LogP contribution in [0, 0.1) is 6.92 Å². The topological polar surface area (TPSA) is 90.1 Å². The number of ether oxygens (including phenoxy) is 1. The number of benzene rings is 2. The maximum atomic E-state index is 12.3. The fourth-order valence-electron chi connectivity index (χ4n) is 2.71. The number of aromatic nitrogens is 3. The second-order valence-electron chi connectivity index (χ2n) is 6.05. The zero-order chi connectivity index (χ0) is 19.5. The van der Waals surface area contributed by atoms with Crippen molar-refractivity contribution in [1.29, 1.82) is 0 Å². The fraction of sp³-hybridized carbons (Fsp3) is 0.100. The third kappa shape index (κ3) is 3.65. The van der Waals surface area contributed by atoms with Gasteiger partial charge in [-0.15, -0.1) is 0 Å². The Morgan fingerprint density at radius 1 is 1.18 bits per heavy atom. The Balaban J connectivity index is 1.56. The second-order valence-corrected chi connectivity index (χ2v) is 6.49. The molecule has 0 bridgehead atoms. The van der Waals surface area contributed by atoms with Gasteiger partial charge in [0.25, 0.3) is 11.6 Å². The van der Waals surface area contributed by atoms with Crippen LogP contribution in [0.25, 0.3) is 22.4 Å². The predicted octanol–water partition coefficient (Wildman–Crippen LogP) is 4.26. The average Bonchev–Trinajstić information content (AvgIpc) is 3.15. The Morgan fingerprint density at radius 2 is 2.00 bits per heavy atom. The lowest BCUT2D eigenvalue weighted by Crippen LogP contribution is -2.21. The van der Waals surface area contributed by atoms with Gasteiger partial charge >= 0.3 is 0 Å². The van der Waals surface area contributed by atoms with E-state index in [0.29, 0.717) is 21.8 Å². The Bertz CT molecular complexity index is 1140. The number of carbonyl (C=O) groups is 1. The van der Waals surface area contributed by atoms with E-state index in [2.05, 4.69) is 20.4 Å². The molecule has 1 N–H and O–H groups in total. The monoisotopic (exact) mass is 394 g/mol. The quantitative estimate of drug-likeness (QED) is 0.543. The van der Waals surface area contributed by atoms with E-state index in [9.17, 15) is 4.79 Å². The maximum Gasteiger partial charge on any atom is 0.265 e. The molecule has 2 heterocycles. The molecular formula is C20H15ClN4O3. The molecule has 0 spiro atoms. The number of fused-ring (bicyclic) bond motifs is 1. The highest BCUT2D eigenvalue weighted by Crippen LogP contribution is 2.32. The number of nitrogens with one attached hydrogen (secondary N) is 1. The van der Waals surface area contributed by atoms with Gasteiger partial charge in [0, 0.05) is 16.3 Å². The summed E-state index contributed by atoms with van der Waals surface area (Å²) >= 11 is 5.98. The first-order valence-electron chi connectivity index (χ1n) is 8.46. The molecule has 4 aromatic rings. The molecule has 0 aliphatic heterocycles. The minimum absolute atomic E-state index is 0.225. The molecule has 1 amide bonds.